The van der Waals surface area contributed by atoms with Gasteiger partial charge in [0.1, 0.15) is 11.2 Å². The molecule has 0 aliphatic carbocycles. The van der Waals surface area contributed by atoms with Gasteiger partial charge in [-0.15, -0.1) is 0 Å². The van der Waals surface area contributed by atoms with Gasteiger partial charge < -0.3 is 4.42 Å². The first-order valence-electron chi connectivity index (χ1n) is 21.4. The summed E-state index contributed by atoms with van der Waals surface area (Å²) in [5.74, 6) is 1.24. The minimum absolute atomic E-state index is 0.00652. The molecular formula is C51H33N3O. The van der Waals surface area contributed by atoms with Crippen LogP contribution < -0.4 is 0 Å². The highest BCUT2D eigenvalue weighted by molar-refractivity contribution is 6.06. The zero-order valence-electron chi connectivity index (χ0n) is 36.3. The van der Waals surface area contributed by atoms with Gasteiger partial charge in [-0.05, 0) is 86.9 Å². The van der Waals surface area contributed by atoms with Crippen LogP contribution in [0, 0.1) is 0 Å². The highest BCUT2D eigenvalue weighted by Crippen LogP contribution is 2.37. The molecule has 0 fully saturated rings. The number of para-hydroxylation sites is 1. The molecule has 10 aromatic rings. The van der Waals surface area contributed by atoms with Crippen molar-refractivity contribution in [3.63, 3.8) is 0 Å². The molecule has 10 rings (SSSR count). The summed E-state index contributed by atoms with van der Waals surface area (Å²) in [6.45, 7) is 0. The lowest BCUT2D eigenvalue weighted by atomic mass is 9.95. The van der Waals surface area contributed by atoms with Gasteiger partial charge in [-0.1, -0.05) is 158 Å². The molecule has 2 aromatic heterocycles. The minimum Gasteiger partial charge on any atom is -0.456 e. The van der Waals surface area contributed by atoms with Crippen LogP contribution in [0.2, 0.25) is 0 Å². The Kier molecular flexibility index (Phi) is 6.43. The van der Waals surface area contributed by atoms with Crippen molar-refractivity contribution in [2.24, 2.45) is 0 Å². The molecule has 0 aliphatic heterocycles. The molecule has 2 heterocycles. The fraction of sp³-hybridized carbons (Fsp3) is 0. The quantitative estimate of drug-likeness (QED) is 0.165. The summed E-state index contributed by atoms with van der Waals surface area (Å²) < 4.78 is 67.6. The Morgan fingerprint density at radius 3 is 1.47 bits per heavy atom. The topological polar surface area (TPSA) is 51.8 Å². The van der Waals surface area contributed by atoms with E-state index in [2.05, 4.69) is 30.3 Å². The van der Waals surface area contributed by atoms with Crippen LogP contribution in [0.3, 0.4) is 0 Å². The van der Waals surface area contributed by atoms with Crippen LogP contribution >= 0.6 is 0 Å². The maximum absolute atomic E-state index is 9.45. The largest absolute Gasteiger partial charge is 0.456 e. The zero-order valence-corrected chi connectivity index (χ0v) is 29.3. The third-order valence-electron chi connectivity index (χ3n) is 9.59. The molecule has 0 atom stereocenters. The van der Waals surface area contributed by atoms with Crippen molar-refractivity contribution < 1.29 is 14.0 Å². The SMILES string of the molecule is [2H]c1c([2H])c([2H])c2c(oc3c([2H])c(-c4cc(-c5ccccc5)cc(-c5nc(-c6ccc(-c7ccccc7)cc6)nc(-c6cccc(-c7ccccc7)c6)n5)c4)c([2H])c([2H])c32)c1[2H]. The average molecular weight is 711 g/mol. The van der Waals surface area contributed by atoms with Gasteiger partial charge in [0.25, 0.3) is 0 Å². The van der Waals surface area contributed by atoms with Gasteiger partial charge in [-0.25, -0.2) is 15.0 Å². The van der Waals surface area contributed by atoms with E-state index in [-0.39, 0.29) is 45.6 Å². The molecule has 0 bridgehead atoms. The van der Waals surface area contributed by atoms with Crippen LogP contribution in [0.5, 0.6) is 0 Å². The molecule has 0 spiro atoms. The number of hydrogen-bond acceptors (Lipinski definition) is 4. The maximum Gasteiger partial charge on any atom is 0.164 e. The number of rotatable bonds is 7. The van der Waals surface area contributed by atoms with Crippen LogP contribution in [0.15, 0.2) is 204 Å². The molecule has 0 N–H and O–H groups in total. The second kappa shape index (κ2) is 13.8. The van der Waals surface area contributed by atoms with Crippen molar-refractivity contribution in [1.82, 2.24) is 15.0 Å². The van der Waals surface area contributed by atoms with Crippen molar-refractivity contribution in [2.75, 3.05) is 0 Å². The number of furan rings is 1. The van der Waals surface area contributed by atoms with Gasteiger partial charge in [0.15, 0.2) is 17.5 Å². The lowest BCUT2D eigenvalue weighted by Gasteiger charge is -2.13. The van der Waals surface area contributed by atoms with E-state index in [0.29, 0.717) is 28.6 Å². The first kappa shape index (κ1) is 25.5. The molecule has 0 radical (unpaired) electrons. The Hall–Kier alpha value is -7.43. The summed E-state index contributed by atoms with van der Waals surface area (Å²) in [6, 6.07) is 49.0. The molecule has 4 heteroatoms. The number of hydrogen-bond donors (Lipinski definition) is 0. The summed E-state index contributed by atoms with van der Waals surface area (Å²) in [5.41, 5.74) is 8.16. The van der Waals surface area contributed by atoms with E-state index in [1.165, 1.54) is 0 Å². The normalized spacial score (nSPS) is 13.1. The Bertz CT molecular complexity index is 3360. The van der Waals surface area contributed by atoms with E-state index in [9.17, 15) is 4.11 Å². The number of nitrogens with zero attached hydrogens (tertiary/aromatic N) is 3. The zero-order chi connectivity index (χ0) is 42.6. The lowest BCUT2D eigenvalue weighted by molar-refractivity contribution is 0.669. The standard InChI is InChI=1S/C51H33N3O/c1-4-13-34(14-5-1)37-23-25-38(26-24-37)49-52-50(41-20-12-19-39(29-41)35-15-6-2-7-16-35)54-51(53-49)44-31-42(36-17-8-3-9-18-36)30-43(32-44)40-27-28-46-45-21-10-11-22-47(45)55-48(46)33-40/h1-33H/i10D,11D,21D,22D,27D,28D,33D. The Balaban J connectivity index is 1.20. The van der Waals surface area contributed by atoms with Crippen molar-refractivity contribution in [3.05, 3.63) is 200 Å². The number of aromatic nitrogens is 3. The van der Waals surface area contributed by atoms with Gasteiger partial charge in [-0.2, -0.15) is 0 Å². The number of benzene rings is 8. The molecule has 4 nitrogen and oxygen atoms in total. The molecule has 0 amide bonds. The van der Waals surface area contributed by atoms with Gasteiger partial charge in [0.05, 0.1) is 9.60 Å². The van der Waals surface area contributed by atoms with Crippen molar-refractivity contribution in [3.8, 4) is 78.7 Å². The van der Waals surface area contributed by atoms with Crippen LogP contribution in [0.25, 0.3) is 101 Å². The molecule has 0 aliphatic rings. The Labute approximate surface area is 328 Å². The van der Waals surface area contributed by atoms with E-state index in [1.54, 1.807) is 6.07 Å². The van der Waals surface area contributed by atoms with Gasteiger partial charge >= 0.3 is 0 Å². The van der Waals surface area contributed by atoms with Gasteiger partial charge in [-0.3, -0.25) is 0 Å². The van der Waals surface area contributed by atoms with Crippen LogP contribution in [-0.4, -0.2) is 15.0 Å². The predicted octanol–water partition coefficient (Wildman–Crippen LogP) is 13.4. The first-order valence-corrected chi connectivity index (χ1v) is 17.9. The average Bonchev–Trinajstić information content (AvgIpc) is 3.74. The van der Waals surface area contributed by atoms with Crippen LogP contribution in [0.1, 0.15) is 9.60 Å². The summed E-state index contributed by atoms with van der Waals surface area (Å²) in [7, 11) is 0. The fourth-order valence-corrected chi connectivity index (χ4v) is 6.81. The minimum atomic E-state index is -0.485. The van der Waals surface area contributed by atoms with Crippen LogP contribution in [0.4, 0.5) is 0 Å². The molecular weight excluding hydrogens is 671 g/mol. The third kappa shape index (κ3) is 6.36. The van der Waals surface area contributed by atoms with E-state index >= 15 is 0 Å². The van der Waals surface area contributed by atoms with Crippen molar-refractivity contribution in [2.45, 2.75) is 0 Å². The van der Waals surface area contributed by atoms with Crippen molar-refractivity contribution >= 4 is 21.9 Å². The second-order valence-electron chi connectivity index (χ2n) is 13.1. The Morgan fingerprint density at radius 1 is 0.327 bits per heavy atom. The monoisotopic (exact) mass is 710 g/mol. The highest BCUT2D eigenvalue weighted by atomic mass is 16.3. The van der Waals surface area contributed by atoms with E-state index in [1.807, 2.05) is 121 Å². The van der Waals surface area contributed by atoms with E-state index in [0.717, 1.165) is 44.5 Å². The fourth-order valence-electron chi connectivity index (χ4n) is 6.81. The molecule has 8 aromatic carbocycles. The van der Waals surface area contributed by atoms with Crippen LogP contribution in [-0.2, 0) is 0 Å². The third-order valence-corrected chi connectivity index (χ3v) is 9.59. The summed E-state index contributed by atoms with van der Waals surface area (Å²) >= 11 is 0. The first-order chi connectivity index (χ1) is 30.1. The second-order valence-corrected chi connectivity index (χ2v) is 13.1. The maximum atomic E-state index is 9.45. The molecule has 258 valence electrons. The lowest BCUT2D eigenvalue weighted by Crippen LogP contribution is -2.01. The molecule has 0 unspecified atom stereocenters. The summed E-state index contributed by atoms with van der Waals surface area (Å²) in [6.07, 6.45) is 0. The number of fused-ring (bicyclic) bond motifs is 3. The summed E-state index contributed by atoms with van der Waals surface area (Å²) in [4.78, 5) is 15.2. The highest BCUT2D eigenvalue weighted by Gasteiger charge is 2.17. The molecule has 55 heavy (non-hydrogen) atoms. The van der Waals surface area contributed by atoms with Crippen molar-refractivity contribution in [1.29, 1.82) is 0 Å². The molecule has 0 saturated heterocycles. The Morgan fingerprint density at radius 2 is 0.782 bits per heavy atom. The predicted molar refractivity (Wildman–Crippen MR) is 225 cm³/mol. The van der Waals surface area contributed by atoms with Gasteiger partial charge in [0, 0.05) is 27.5 Å². The molecule has 0 saturated carbocycles. The van der Waals surface area contributed by atoms with E-state index < -0.39 is 24.2 Å². The smallest absolute Gasteiger partial charge is 0.164 e. The van der Waals surface area contributed by atoms with Gasteiger partial charge in [0.2, 0.25) is 0 Å². The van der Waals surface area contributed by atoms with E-state index in [4.69, 9.17) is 24.9 Å². The summed E-state index contributed by atoms with van der Waals surface area (Å²) in [5, 5.41) is -0.0328.